The SMILES string of the molecule is COC(=O)Cc1cc(OCc2ccccc2)c(SC(C)(C)C)cn1. The van der Waals surface area contributed by atoms with E-state index in [4.69, 9.17) is 9.47 Å². The fourth-order valence-electron chi connectivity index (χ4n) is 2.04. The van der Waals surface area contributed by atoms with Crippen molar-refractivity contribution < 1.29 is 14.3 Å². The van der Waals surface area contributed by atoms with Crippen LogP contribution in [0.2, 0.25) is 0 Å². The van der Waals surface area contributed by atoms with Crippen LogP contribution in [0.1, 0.15) is 32.0 Å². The Morgan fingerprint density at radius 3 is 2.54 bits per heavy atom. The van der Waals surface area contributed by atoms with E-state index >= 15 is 0 Å². The number of methoxy groups -OCH3 is 1. The number of pyridine rings is 1. The van der Waals surface area contributed by atoms with Crippen LogP contribution in [0.4, 0.5) is 0 Å². The molecule has 0 bridgehead atoms. The highest BCUT2D eigenvalue weighted by Crippen LogP contribution is 2.38. The molecule has 0 aliphatic heterocycles. The fraction of sp³-hybridized carbons (Fsp3) is 0.368. The molecule has 1 aromatic heterocycles. The summed E-state index contributed by atoms with van der Waals surface area (Å²) in [4.78, 5) is 16.8. The molecule has 0 amide bonds. The first kappa shape index (κ1) is 18.3. The molecule has 1 heterocycles. The lowest BCUT2D eigenvalue weighted by molar-refractivity contribution is -0.139. The first-order valence-electron chi connectivity index (χ1n) is 7.79. The number of hydrogen-bond donors (Lipinski definition) is 0. The number of aromatic nitrogens is 1. The average Bonchev–Trinajstić information content (AvgIpc) is 2.54. The van der Waals surface area contributed by atoms with E-state index in [1.807, 2.05) is 36.4 Å². The number of benzene rings is 1. The molecule has 0 spiro atoms. The molecule has 4 nitrogen and oxygen atoms in total. The Morgan fingerprint density at radius 2 is 1.92 bits per heavy atom. The van der Waals surface area contributed by atoms with E-state index in [0.717, 1.165) is 16.2 Å². The minimum Gasteiger partial charge on any atom is -0.488 e. The van der Waals surface area contributed by atoms with Gasteiger partial charge in [0.1, 0.15) is 12.4 Å². The van der Waals surface area contributed by atoms with Crippen molar-refractivity contribution in [1.29, 1.82) is 0 Å². The standard InChI is InChI=1S/C19H23NO3S/c1-19(2,3)24-17-12-20-15(11-18(21)22-4)10-16(17)23-13-14-8-6-5-7-9-14/h5-10,12H,11,13H2,1-4H3. The summed E-state index contributed by atoms with van der Waals surface area (Å²) in [5, 5.41) is 0. The molecule has 0 radical (unpaired) electrons. The van der Waals surface area contributed by atoms with Crippen molar-refractivity contribution in [3.05, 3.63) is 53.9 Å². The largest absolute Gasteiger partial charge is 0.488 e. The van der Waals surface area contributed by atoms with Crippen LogP contribution in [0.3, 0.4) is 0 Å². The third kappa shape index (κ3) is 5.89. The molecule has 2 rings (SSSR count). The quantitative estimate of drug-likeness (QED) is 0.578. The smallest absolute Gasteiger partial charge is 0.311 e. The summed E-state index contributed by atoms with van der Waals surface area (Å²) in [5.41, 5.74) is 1.73. The van der Waals surface area contributed by atoms with E-state index in [-0.39, 0.29) is 17.1 Å². The minimum atomic E-state index is -0.312. The van der Waals surface area contributed by atoms with E-state index in [1.165, 1.54) is 7.11 Å². The van der Waals surface area contributed by atoms with Crippen LogP contribution >= 0.6 is 11.8 Å². The number of rotatable bonds is 6. The van der Waals surface area contributed by atoms with E-state index in [0.29, 0.717) is 12.3 Å². The summed E-state index contributed by atoms with van der Waals surface area (Å²) in [6, 6.07) is 11.8. The number of hydrogen-bond acceptors (Lipinski definition) is 5. The number of esters is 1. The molecule has 0 aliphatic carbocycles. The normalized spacial score (nSPS) is 11.2. The lowest BCUT2D eigenvalue weighted by Gasteiger charge is -2.20. The maximum Gasteiger partial charge on any atom is 0.311 e. The van der Waals surface area contributed by atoms with Gasteiger partial charge in [0.2, 0.25) is 0 Å². The summed E-state index contributed by atoms with van der Waals surface area (Å²) >= 11 is 1.69. The number of ether oxygens (including phenoxy) is 2. The highest BCUT2D eigenvalue weighted by Gasteiger charge is 2.17. The van der Waals surface area contributed by atoms with Gasteiger partial charge in [-0.05, 0) is 5.56 Å². The van der Waals surface area contributed by atoms with Gasteiger partial charge in [-0.3, -0.25) is 9.78 Å². The average molecular weight is 345 g/mol. The van der Waals surface area contributed by atoms with Gasteiger partial charge in [0.25, 0.3) is 0 Å². The minimum absolute atomic E-state index is 0.0381. The second-order valence-electron chi connectivity index (χ2n) is 6.36. The maximum atomic E-state index is 11.5. The third-order valence-electron chi connectivity index (χ3n) is 3.09. The molecule has 0 atom stereocenters. The van der Waals surface area contributed by atoms with Gasteiger partial charge in [-0.1, -0.05) is 51.1 Å². The van der Waals surface area contributed by atoms with Gasteiger partial charge in [-0.15, -0.1) is 11.8 Å². The summed E-state index contributed by atoms with van der Waals surface area (Å²) in [6.45, 7) is 6.89. The van der Waals surface area contributed by atoms with Crippen LogP contribution in [0.25, 0.3) is 0 Å². The highest BCUT2D eigenvalue weighted by atomic mass is 32.2. The second kappa shape index (κ2) is 8.20. The van der Waals surface area contributed by atoms with E-state index in [1.54, 1.807) is 18.0 Å². The molecule has 1 aromatic carbocycles. The topological polar surface area (TPSA) is 48.4 Å². The molecule has 0 saturated carbocycles. The van der Waals surface area contributed by atoms with E-state index < -0.39 is 0 Å². The molecule has 5 heteroatoms. The van der Waals surface area contributed by atoms with Crippen LogP contribution in [-0.2, 0) is 22.6 Å². The van der Waals surface area contributed by atoms with Crippen molar-refractivity contribution in [1.82, 2.24) is 4.98 Å². The molecular formula is C19H23NO3S. The Balaban J connectivity index is 2.21. The van der Waals surface area contributed by atoms with Gasteiger partial charge in [0, 0.05) is 17.0 Å². The van der Waals surface area contributed by atoms with Crippen LogP contribution in [0.5, 0.6) is 5.75 Å². The summed E-state index contributed by atoms with van der Waals surface area (Å²) in [7, 11) is 1.37. The maximum absolute atomic E-state index is 11.5. The lowest BCUT2D eigenvalue weighted by Crippen LogP contribution is -2.10. The zero-order valence-corrected chi connectivity index (χ0v) is 15.4. The molecular weight excluding hydrogens is 322 g/mol. The van der Waals surface area contributed by atoms with Crippen LogP contribution in [0, 0.1) is 0 Å². The van der Waals surface area contributed by atoms with Gasteiger partial charge >= 0.3 is 5.97 Å². The molecule has 0 unspecified atom stereocenters. The lowest BCUT2D eigenvalue weighted by atomic mass is 10.2. The van der Waals surface area contributed by atoms with Gasteiger partial charge in [0.15, 0.2) is 0 Å². The van der Waals surface area contributed by atoms with Crippen molar-refractivity contribution >= 4 is 17.7 Å². The zero-order valence-electron chi connectivity index (χ0n) is 14.5. The van der Waals surface area contributed by atoms with Crippen molar-refractivity contribution in [3.8, 4) is 5.75 Å². The Bertz CT molecular complexity index is 681. The predicted molar refractivity (Wildman–Crippen MR) is 96.3 cm³/mol. The third-order valence-corrected chi connectivity index (χ3v) is 4.23. The summed E-state index contributed by atoms with van der Waals surface area (Å²) in [6.07, 6.45) is 1.91. The number of nitrogens with zero attached hydrogens (tertiary/aromatic N) is 1. The number of thioether (sulfide) groups is 1. The first-order chi connectivity index (χ1) is 11.4. The zero-order chi connectivity index (χ0) is 17.6. The van der Waals surface area contributed by atoms with Crippen LogP contribution in [-0.4, -0.2) is 22.8 Å². The van der Waals surface area contributed by atoms with Crippen molar-refractivity contribution in [2.75, 3.05) is 7.11 Å². The molecule has 0 fully saturated rings. The number of carbonyl (C=O) groups excluding carboxylic acids is 1. The van der Waals surface area contributed by atoms with Crippen LogP contribution in [0.15, 0.2) is 47.5 Å². The molecule has 2 aromatic rings. The van der Waals surface area contributed by atoms with Gasteiger partial charge in [-0.2, -0.15) is 0 Å². The van der Waals surface area contributed by atoms with Crippen LogP contribution < -0.4 is 4.74 Å². The monoisotopic (exact) mass is 345 g/mol. The Morgan fingerprint density at radius 1 is 1.21 bits per heavy atom. The van der Waals surface area contributed by atoms with Crippen molar-refractivity contribution in [2.24, 2.45) is 0 Å². The Kier molecular flexibility index (Phi) is 6.26. The summed E-state index contributed by atoms with van der Waals surface area (Å²) < 4.78 is 10.8. The summed E-state index contributed by atoms with van der Waals surface area (Å²) in [5.74, 6) is 0.431. The number of carbonyl (C=O) groups is 1. The van der Waals surface area contributed by atoms with Crippen molar-refractivity contribution in [2.45, 2.75) is 43.4 Å². The molecule has 24 heavy (non-hydrogen) atoms. The second-order valence-corrected chi connectivity index (χ2v) is 8.23. The van der Waals surface area contributed by atoms with Gasteiger partial charge in [0.05, 0.1) is 24.1 Å². The molecule has 0 saturated heterocycles. The Labute approximate surface area is 147 Å². The van der Waals surface area contributed by atoms with Gasteiger partial charge in [-0.25, -0.2) is 0 Å². The predicted octanol–water partition coefficient (Wildman–Crippen LogP) is 4.27. The fourth-order valence-corrected chi connectivity index (χ4v) is 3.02. The molecule has 128 valence electrons. The molecule has 0 aliphatic rings. The Hall–Kier alpha value is -2.01. The van der Waals surface area contributed by atoms with Gasteiger partial charge < -0.3 is 9.47 Å². The van der Waals surface area contributed by atoms with E-state index in [2.05, 4.69) is 25.8 Å². The first-order valence-corrected chi connectivity index (χ1v) is 8.60. The molecule has 0 N–H and O–H groups in total. The highest BCUT2D eigenvalue weighted by molar-refractivity contribution is 8.00. The van der Waals surface area contributed by atoms with E-state index in [9.17, 15) is 4.79 Å². The van der Waals surface area contributed by atoms with Crippen molar-refractivity contribution in [3.63, 3.8) is 0 Å².